The van der Waals surface area contributed by atoms with Gasteiger partial charge < -0.3 is 5.11 Å². The molecule has 1 aromatic carbocycles. The van der Waals surface area contributed by atoms with Crippen molar-refractivity contribution >= 4 is 31.9 Å². The number of sulfonamides is 1. The number of hydrogen-bond donors (Lipinski definition) is 1. The highest BCUT2D eigenvalue weighted by atomic mass is 79.9. The summed E-state index contributed by atoms with van der Waals surface area (Å²) in [4.78, 5) is 11.1. The number of halogens is 1. The van der Waals surface area contributed by atoms with E-state index in [1.54, 1.807) is 25.1 Å². The second-order valence-electron chi connectivity index (χ2n) is 5.13. The maximum atomic E-state index is 12.3. The van der Waals surface area contributed by atoms with Crippen molar-refractivity contribution in [1.82, 2.24) is 4.31 Å². The summed E-state index contributed by atoms with van der Waals surface area (Å²) in [5.41, 5.74) is 0.686. The number of aliphatic carboxylic acids is 1. The summed E-state index contributed by atoms with van der Waals surface area (Å²) in [6, 6.07) is 7.11. The number of hydrogen-bond acceptors (Lipinski definition) is 3. The molecule has 2 atom stereocenters. The molecule has 20 heavy (non-hydrogen) atoms. The summed E-state index contributed by atoms with van der Waals surface area (Å²) in [7, 11) is -3.48. The van der Waals surface area contributed by atoms with Gasteiger partial charge >= 0.3 is 5.97 Å². The largest absolute Gasteiger partial charge is 0.481 e. The Hall–Kier alpha value is -0.920. The molecule has 1 saturated heterocycles. The Morgan fingerprint density at radius 3 is 2.70 bits per heavy atom. The van der Waals surface area contributed by atoms with E-state index in [4.69, 9.17) is 5.11 Å². The maximum absolute atomic E-state index is 12.3. The molecule has 0 radical (unpaired) electrons. The highest BCUT2D eigenvalue weighted by Gasteiger charge is 2.39. The number of benzene rings is 1. The number of carboxylic acid groups (broad SMARTS) is 1. The zero-order chi connectivity index (χ0) is 14.9. The molecule has 0 aromatic heterocycles. The Balaban J connectivity index is 2.14. The molecular weight excluding hydrogens is 346 g/mol. The summed E-state index contributed by atoms with van der Waals surface area (Å²) in [5.74, 6) is -1.82. The summed E-state index contributed by atoms with van der Waals surface area (Å²) in [6.45, 7) is 2.10. The van der Waals surface area contributed by atoms with E-state index in [-0.39, 0.29) is 24.8 Å². The van der Waals surface area contributed by atoms with Crippen molar-refractivity contribution in [3.8, 4) is 0 Å². The lowest BCUT2D eigenvalue weighted by Gasteiger charge is -2.16. The summed E-state index contributed by atoms with van der Waals surface area (Å²) in [5, 5.41) is 9.07. The van der Waals surface area contributed by atoms with E-state index < -0.39 is 21.9 Å². The van der Waals surface area contributed by atoms with Crippen LogP contribution in [-0.4, -0.2) is 36.9 Å². The standard InChI is InChI=1S/C13H16BrNO4S/c1-9-6-15(7-12(9)13(16)17)20(18,19)8-10-3-2-4-11(14)5-10/h2-5,9,12H,6-8H2,1H3,(H,16,17)/t9-,12-/m1/s1. The quantitative estimate of drug-likeness (QED) is 0.888. The molecule has 1 fully saturated rings. The monoisotopic (exact) mass is 361 g/mol. The molecule has 0 unspecified atom stereocenters. The van der Waals surface area contributed by atoms with Gasteiger partial charge in [0.25, 0.3) is 0 Å². The average molecular weight is 362 g/mol. The van der Waals surface area contributed by atoms with Gasteiger partial charge in [-0.2, -0.15) is 0 Å². The van der Waals surface area contributed by atoms with Gasteiger partial charge in [-0.1, -0.05) is 35.0 Å². The first-order valence-electron chi connectivity index (χ1n) is 6.24. The highest BCUT2D eigenvalue weighted by Crippen LogP contribution is 2.27. The molecule has 0 spiro atoms. The normalized spacial score (nSPS) is 23.9. The molecule has 1 aromatic rings. The van der Waals surface area contributed by atoms with Crippen LogP contribution in [0.2, 0.25) is 0 Å². The SMILES string of the molecule is C[C@@H]1CN(S(=O)(=O)Cc2cccc(Br)c2)C[C@H]1C(=O)O. The van der Waals surface area contributed by atoms with Crippen molar-refractivity contribution < 1.29 is 18.3 Å². The van der Waals surface area contributed by atoms with Crippen molar-refractivity contribution in [3.05, 3.63) is 34.3 Å². The lowest BCUT2D eigenvalue weighted by molar-refractivity contribution is -0.142. The van der Waals surface area contributed by atoms with Crippen LogP contribution in [0.1, 0.15) is 12.5 Å². The second kappa shape index (κ2) is 5.83. The van der Waals surface area contributed by atoms with Gasteiger partial charge in [0.2, 0.25) is 10.0 Å². The molecule has 1 heterocycles. The predicted molar refractivity (Wildman–Crippen MR) is 78.6 cm³/mol. The molecule has 0 aliphatic carbocycles. The maximum Gasteiger partial charge on any atom is 0.308 e. The van der Waals surface area contributed by atoms with Crippen LogP contribution in [0.4, 0.5) is 0 Å². The molecule has 1 aliphatic heterocycles. The van der Waals surface area contributed by atoms with Crippen LogP contribution in [0.15, 0.2) is 28.7 Å². The second-order valence-corrected chi connectivity index (χ2v) is 8.01. The van der Waals surface area contributed by atoms with E-state index in [1.165, 1.54) is 4.31 Å². The molecule has 7 heteroatoms. The van der Waals surface area contributed by atoms with Crippen LogP contribution in [0, 0.1) is 11.8 Å². The summed E-state index contributed by atoms with van der Waals surface area (Å²) < 4.78 is 26.8. The van der Waals surface area contributed by atoms with Crippen molar-refractivity contribution in [2.45, 2.75) is 12.7 Å². The average Bonchev–Trinajstić information content (AvgIpc) is 2.71. The first-order chi connectivity index (χ1) is 9.29. The Kier molecular flexibility index (Phi) is 4.51. The van der Waals surface area contributed by atoms with Crippen molar-refractivity contribution in [3.63, 3.8) is 0 Å². The number of carbonyl (C=O) groups is 1. The molecular formula is C13H16BrNO4S. The van der Waals surface area contributed by atoms with Crippen LogP contribution in [0.5, 0.6) is 0 Å². The van der Waals surface area contributed by atoms with Crippen LogP contribution in [-0.2, 0) is 20.6 Å². The highest BCUT2D eigenvalue weighted by molar-refractivity contribution is 9.10. The van der Waals surface area contributed by atoms with Gasteiger partial charge in [-0.25, -0.2) is 12.7 Å². The van der Waals surface area contributed by atoms with E-state index in [9.17, 15) is 13.2 Å². The molecule has 0 amide bonds. The van der Waals surface area contributed by atoms with Gasteiger partial charge in [-0.15, -0.1) is 0 Å². The van der Waals surface area contributed by atoms with E-state index in [0.717, 1.165) is 4.47 Å². The molecule has 5 nitrogen and oxygen atoms in total. The lowest BCUT2D eigenvalue weighted by atomic mass is 9.99. The summed E-state index contributed by atoms with van der Waals surface area (Å²) in [6.07, 6.45) is 0. The fourth-order valence-corrected chi connectivity index (χ4v) is 4.48. The number of carboxylic acids is 1. The smallest absolute Gasteiger partial charge is 0.308 e. The van der Waals surface area contributed by atoms with Crippen molar-refractivity contribution in [2.24, 2.45) is 11.8 Å². The van der Waals surface area contributed by atoms with Crippen LogP contribution >= 0.6 is 15.9 Å². The predicted octanol–water partition coefficient (Wildman–Crippen LogP) is 1.93. The lowest BCUT2D eigenvalue weighted by Crippen LogP contribution is -2.31. The molecule has 2 rings (SSSR count). The van der Waals surface area contributed by atoms with E-state index in [2.05, 4.69) is 15.9 Å². The Labute approximate surface area is 126 Å². The minimum absolute atomic E-state index is 0.0623. The number of rotatable bonds is 4. The fraction of sp³-hybridized carbons (Fsp3) is 0.462. The summed E-state index contributed by atoms with van der Waals surface area (Å²) >= 11 is 3.31. The first-order valence-corrected chi connectivity index (χ1v) is 8.65. The molecule has 0 bridgehead atoms. The van der Waals surface area contributed by atoms with Gasteiger partial charge in [0, 0.05) is 17.6 Å². The Morgan fingerprint density at radius 1 is 1.45 bits per heavy atom. The fourth-order valence-electron chi connectivity index (χ4n) is 2.40. The topological polar surface area (TPSA) is 74.7 Å². The minimum Gasteiger partial charge on any atom is -0.481 e. The molecule has 1 N–H and O–H groups in total. The third kappa shape index (κ3) is 3.39. The van der Waals surface area contributed by atoms with Gasteiger partial charge in [0.1, 0.15) is 0 Å². The van der Waals surface area contributed by atoms with Crippen molar-refractivity contribution in [2.75, 3.05) is 13.1 Å². The first kappa shape index (κ1) is 15.5. The van der Waals surface area contributed by atoms with Gasteiger partial charge in [-0.3, -0.25) is 4.79 Å². The minimum atomic E-state index is -3.48. The van der Waals surface area contributed by atoms with E-state index in [0.29, 0.717) is 5.56 Å². The van der Waals surface area contributed by atoms with Crippen LogP contribution < -0.4 is 0 Å². The third-order valence-electron chi connectivity index (χ3n) is 3.53. The molecule has 1 aliphatic rings. The Bertz CT molecular complexity index is 617. The number of nitrogens with zero attached hydrogens (tertiary/aromatic N) is 1. The van der Waals surface area contributed by atoms with Crippen LogP contribution in [0.25, 0.3) is 0 Å². The Morgan fingerprint density at radius 2 is 2.15 bits per heavy atom. The molecule has 110 valence electrons. The zero-order valence-electron chi connectivity index (χ0n) is 11.0. The third-order valence-corrected chi connectivity index (χ3v) is 5.80. The molecule has 0 saturated carbocycles. The zero-order valence-corrected chi connectivity index (χ0v) is 13.4. The van der Waals surface area contributed by atoms with Gasteiger partial charge in [0.05, 0.1) is 11.7 Å². The van der Waals surface area contributed by atoms with Crippen LogP contribution in [0.3, 0.4) is 0 Å². The van der Waals surface area contributed by atoms with Gasteiger partial charge in [0.15, 0.2) is 0 Å². The van der Waals surface area contributed by atoms with Crippen molar-refractivity contribution in [1.29, 1.82) is 0 Å². The van der Waals surface area contributed by atoms with Gasteiger partial charge in [-0.05, 0) is 23.6 Å². The van der Waals surface area contributed by atoms with E-state index >= 15 is 0 Å². The van der Waals surface area contributed by atoms with E-state index in [1.807, 2.05) is 6.07 Å².